The number of aromatic nitrogens is 3. The number of aryl methyl sites for hydroxylation is 2. The summed E-state index contributed by atoms with van der Waals surface area (Å²) in [5.41, 5.74) is 5.15. The van der Waals surface area contributed by atoms with Gasteiger partial charge in [0.2, 0.25) is 0 Å². The maximum atomic E-state index is 13.1. The van der Waals surface area contributed by atoms with Crippen LogP contribution in [0.3, 0.4) is 0 Å². The van der Waals surface area contributed by atoms with Crippen LogP contribution in [0.1, 0.15) is 30.4 Å². The van der Waals surface area contributed by atoms with Gasteiger partial charge in [0.25, 0.3) is 5.91 Å². The number of nitrogens with one attached hydrogen (secondary N) is 1. The number of carbonyl (C=O) groups is 1. The maximum Gasteiger partial charge on any atom is 0.252 e. The van der Waals surface area contributed by atoms with Crippen molar-refractivity contribution in [2.24, 2.45) is 11.8 Å². The summed E-state index contributed by atoms with van der Waals surface area (Å²) in [5, 5.41) is 9.34. The van der Waals surface area contributed by atoms with E-state index >= 15 is 0 Å². The zero-order chi connectivity index (χ0) is 21.8. The molecule has 8 heteroatoms. The van der Waals surface area contributed by atoms with Gasteiger partial charge < -0.3 is 15.1 Å². The first kappa shape index (κ1) is 20.1. The van der Waals surface area contributed by atoms with Crippen LogP contribution < -0.4 is 5.32 Å². The topological polar surface area (TPSA) is 65.8 Å². The predicted octanol–water partition coefficient (Wildman–Crippen LogP) is 2.74. The monoisotopic (exact) mass is 448 g/mol. The Hall–Kier alpha value is -2.50. The zero-order valence-corrected chi connectivity index (χ0v) is 19.6. The maximum absolute atomic E-state index is 13.1. The predicted molar refractivity (Wildman–Crippen MR) is 127 cm³/mol. The lowest BCUT2D eigenvalue weighted by Gasteiger charge is -2.35. The van der Waals surface area contributed by atoms with E-state index in [0.29, 0.717) is 8.58 Å². The van der Waals surface area contributed by atoms with Crippen molar-refractivity contribution in [3.05, 3.63) is 59.5 Å². The molecule has 4 atom stereocenters. The van der Waals surface area contributed by atoms with Crippen molar-refractivity contribution in [3.63, 3.8) is 0 Å². The smallest absolute Gasteiger partial charge is 0.252 e. The first-order chi connectivity index (χ1) is 15.6. The van der Waals surface area contributed by atoms with Crippen LogP contribution in [0.4, 0.5) is 0 Å². The molecule has 6 rings (SSSR count). The number of nitrogens with zero attached hydrogens (tertiary/aromatic N) is 5. The molecule has 1 N–H and O–H groups in total. The summed E-state index contributed by atoms with van der Waals surface area (Å²) in [4.78, 5) is 22.2. The standard InChI is InChI=1S/C24H29N6OP/c1-3-4-19-21-7-20(27-30(21)11-15(2)26-19)22-8-23(31)29-14-18(5-6-24(29)32-22)28-12-16-9-25-10-17(16)13-28/h5-8,11,14,16-17,24-25,32H,3-4,9-10,12-13H2,1-2H3/t16-,17?,24?/m0/s1. The van der Waals surface area contributed by atoms with E-state index in [1.807, 2.05) is 22.5 Å². The molecule has 0 aromatic carbocycles. The summed E-state index contributed by atoms with van der Waals surface area (Å²) in [6.45, 7) is 8.57. The summed E-state index contributed by atoms with van der Waals surface area (Å²) in [6.07, 6.45) is 12.2. The molecular formula is C24H29N6OP. The second-order valence-electron chi connectivity index (χ2n) is 9.33. The molecule has 7 nitrogen and oxygen atoms in total. The minimum atomic E-state index is 0.0480. The van der Waals surface area contributed by atoms with Gasteiger partial charge in [-0.05, 0) is 37.3 Å². The van der Waals surface area contributed by atoms with Crippen LogP contribution in [0.15, 0.2) is 42.4 Å². The van der Waals surface area contributed by atoms with E-state index in [2.05, 4.69) is 41.6 Å². The van der Waals surface area contributed by atoms with E-state index in [9.17, 15) is 4.79 Å². The van der Waals surface area contributed by atoms with Crippen molar-refractivity contribution in [2.45, 2.75) is 32.5 Å². The Labute approximate surface area is 190 Å². The second kappa shape index (κ2) is 7.82. The van der Waals surface area contributed by atoms with E-state index in [4.69, 9.17) is 10.1 Å². The lowest BCUT2D eigenvalue weighted by molar-refractivity contribution is -0.123. The minimum absolute atomic E-state index is 0.0480. The van der Waals surface area contributed by atoms with Crippen molar-refractivity contribution in [3.8, 4) is 0 Å². The number of hydrogen-bond acceptors (Lipinski definition) is 5. The van der Waals surface area contributed by atoms with Gasteiger partial charge in [0, 0.05) is 43.8 Å². The van der Waals surface area contributed by atoms with E-state index in [0.717, 1.165) is 78.8 Å². The van der Waals surface area contributed by atoms with Crippen LogP contribution in [0.5, 0.6) is 0 Å². The lowest BCUT2D eigenvalue weighted by atomic mass is 10.0. The average Bonchev–Trinajstić information content (AvgIpc) is 3.48. The molecule has 2 saturated heterocycles. The van der Waals surface area contributed by atoms with E-state index < -0.39 is 0 Å². The Kier molecular flexibility index (Phi) is 4.92. The average molecular weight is 449 g/mol. The summed E-state index contributed by atoms with van der Waals surface area (Å²) in [7, 11) is 0.477. The molecule has 2 aromatic rings. The highest BCUT2D eigenvalue weighted by Gasteiger charge is 2.38. The Morgan fingerprint density at radius 1 is 1.25 bits per heavy atom. The third-order valence-electron chi connectivity index (χ3n) is 7.02. The number of carbonyl (C=O) groups excluding carboxylic acids is 1. The molecule has 0 spiro atoms. The SMILES string of the molecule is CCCc1nc(C)cn2nc(C3=CC(=O)N4C=C(N5CC6CNC[C@H]6C5)C=CC4P3)cc12. The van der Waals surface area contributed by atoms with E-state index in [1.54, 1.807) is 6.08 Å². The van der Waals surface area contributed by atoms with E-state index in [-0.39, 0.29) is 11.7 Å². The first-order valence-corrected chi connectivity index (χ1v) is 12.7. The van der Waals surface area contributed by atoms with Gasteiger partial charge in [0.15, 0.2) is 0 Å². The lowest BCUT2D eigenvalue weighted by Crippen LogP contribution is -2.37. The number of likely N-dealkylation sites (tertiary alicyclic amines) is 1. The highest BCUT2D eigenvalue weighted by Crippen LogP contribution is 2.45. The Bertz CT molecular complexity index is 1170. The van der Waals surface area contributed by atoms with Crippen molar-refractivity contribution in [1.82, 2.24) is 29.7 Å². The summed E-state index contributed by atoms with van der Waals surface area (Å²) >= 11 is 0. The molecule has 0 saturated carbocycles. The zero-order valence-electron chi connectivity index (χ0n) is 18.6. The normalized spacial score (nSPS) is 27.8. The Balaban J connectivity index is 1.27. The van der Waals surface area contributed by atoms with Gasteiger partial charge in [-0.15, -0.1) is 0 Å². The summed E-state index contributed by atoms with van der Waals surface area (Å²) in [5.74, 6) is 1.60. The third-order valence-corrected chi connectivity index (χ3v) is 8.49. The first-order valence-electron chi connectivity index (χ1n) is 11.6. The molecule has 32 heavy (non-hydrogen) atoms. The fourth-order valence-corrected chi connectivity index (χ4v) is 6.73. The highest BCUT2D eigenvalue weighted by atomic mass is 31.1. The minimum Gasteiger partial charge on any atom is -0.370 e. The van der Waals surface area contributed by atoms with Crippen LogP contribution >= 0.6 is 8.58 Å². The molecule has 0 bridgehead atoms. The van der Waals surface area contributed by atoms with Crippen LogP contribution in [0.25, 0.3) is 10.8 Å². The second-order valence-corrected chi connectivity index (χ2v) is 10.7. The molecule has 6 heterocycles. The van der Waals surface area contributed by atoms with Gasteiger partial charge in [-0.25, -0.2) is 4.52 Å². The summed E-state index contributed by atoms with van der Waals surface area (Å²) < 4.78 is 1.93. The van der Waals surface area contributed by atoms with Gasteiger partial charge in [-0.1, -0.05) is 28.0 Å². The number of rotatable bonds is 4. The van der Waals surface area contributed by atoms with Gasteiger partial charge in [-0.2, -0.15) is 5.10 Å². The van der Waals surface area contributed by atoms with Gasteiger partial charge in [0.05, 0.1) is 40.3 Å². The van der Waals surface area contributed by atoms with Gasteiger partial charge >= 0.3 is 0 Å². The number of amides is 1. The molecule has 2 aromatic heterocycles. The Morgan fingerprint density at radius 2 is 2.06 bits per heavy atom. The Morgan fingerprint density at radius 3 is 2.84 bits per heavy atom. The summed E-state index contributed by atoms with van der Waals surface area (Å²) in [6, 6.07) is 2.10. The van der Waals surface area contributed by atoms with Crippen LogP contribution in [-0.2, 0) is 11.2 Å². The largest absolute Gasteiger partial charge is 0.370 e. The molecule has 1 amide bonds. The van der Waals surface area contributed by atoms with Gasteiger partial charge in [-0.3, -0.25) is 9.78 Å². The molecule has 2 fully saturated rings. The van der Waals surface area contributed by atoms with Crippen LogP contribution in [0.2, 0.25) is 0 Å². The third kappa shape index (κ3) is 3.39. The molecule has 3 unspecified atom stereocenters. The van der Waals surface area contributed by atoms with Crippen molar-refractivity contribution < 1.29 is 4.79 Å². The number of fused-ring (bicyclic) bond motifs is 3. The van der Waals surface area contributed by atoms with Crippen molar-refractivity contribution in [2.75, 3.05) is 26.2 Å². The molecule has 166 valence electrons. The van der Waals surface area contributed by atoms with Crippen molar-refractivity contribution in [1.29, 1.82) is 0 Å². The van der Waals surface area contributed by atoms with Crippen molar-refractivity contribution >= 4 is 25.3 Å². The van der Waals surface area contributed by atoms with Crippen LogP contribution in [0, 0.1) is 18.8 Å². The van der Waals surface area contributed by atoms with E-state index in [1.165, 1.54) is 5.70 Å². The number of hydrogen-bond donors (Lipinski definition) is 1. The quantitative estimate of drug-likeness (QED) is 0.729. The number of allylic oxidation sites excluding steroid dienone is 1. The molecule has 0 radical (unpaired) electrons. The van der Waals surface area contributed by atoms with Gasteiger partial charge in [0.1, 0.15) is 0 Å². The fourth-order valence-electron chi connectivity index (χ4n) is 5.40. The molecule has 0 aliphatic carbocycles. The van der Waals surface area contributed by atoms with Crippen LogP contribution in [-0.4, -0.2) is 62.3 Å². The molecular weight excluding hydrogens is 419 g/mol. The molecule has 4 aliphatic heterocycles. The fraction of sp³-hybridized carbons (Fsp3) is 0.458. The highest BCUT2D eigenvalue weighted by molar-refractivity contribution is 7.51. The molecule has 4 aliphatic rings.